The van der Waals surface area contributed by atoms with Crippen molar-refractivity contribution in [3.8, 4) is 0 Å². The largest absolute Gasteiger partial charge is 0.235 e. The molecule has 0 radical (unpaired) electrons. The molecule has 2 aromatic carbocycles. The van der Waals surface area contributed by atoms with E-state index in [-0.39, 0.29) is 0 Å². The number of hydrogen-bond donors (Lipinski definition) is 0. The average molecular weight is 180 g/mol. The molecule has 2 nitrogen and oxygen atoms in total. The highest BCUT2D eigenvalue weighted by Gasteiger charge is 2.00. The van der Waals surface area contributed by atoms with Crippen molar-refractivity contribution in [2.75, 3.05) is 0 Å². The summed E-state index contributed by atoms with van der Waals surface area (Å²) in [6.45, 7) is 0. The van der Waals surface area contributed by atoms with Crippen LogP contribution >= 0.6 is 0 Å². The molecule has 0 bridgehead atoms. The second-order valence-electron chi connectivity index (χ2n) is 3.22. The zero-order valence-corrected chi connectivity index (χ0v) is 7.51. The summed E-state index contributed by atoms with van der Waals surface area (Å²) in [5, 5.41) is 2.35. The van der Waals surface area contributed by atoms with E-state index in [2.05, 4.69) is 28.2 Å². The maximum absolute atomic E-state index is 4.26. The summed E-state index contributed by atoms with van der Waals surface area (Å²) < 4.78 is 0. The lowest BCUT2D eigenvalue weighted by molar-refractivity contribution is 1.35. The Morgan fingerprint density at radius 1 is 0.786 bits per heavy atom. The number of aromatic nitrogens is 2. The first-order valence-corrected chi connectivity index (χ1v) is 4.53. The molecule has 0 N–H and O–H groups in total. The molecule has 0 amide bonds. The van der Waals surface area contributed by atoms with Crippen molar-refractivity contribution in [2.24, 2.45) is 0 Å². The van der Waals surface area contributed by atoms with Gasteiger partial charge in [-0.05, 0) is 11.5 Å². The predicted molar refractivity (Wildman–Crippen MR) is 57.0 cm³/mol. The van der Waals surface area contributed by atoms with Gasteiger partial charge < -0.3 is 0 Å². The van der Waals surface area contributed by atoms with Crippen molar-refractivity contribution in [1.82, 2.24) is 9.97 Å². The molecule has 0 fully saturated rings. The maximum Gasteiger partial charge on any atom is 0.116 e. The average Bonchev–Trinajstić information content (AvgIpc) is 2.55. The van der Waals surface area contributed by atoms with Crippen LogP contribution in [-0.4, -0.2) is 9.97 Å². The molecule has 0 aliphatic carbocycles. The number of benzene rings is 1. The summed E-state index contributed by atoms with van der Waals surface area (Å²) in [6.07, 6.45) is 1.61. The minimum atomic E-state index is 0.962. The molecular formula is C12H8N2. The smallest absolute Gasteiger partial charge is 0.116 e. The SMILES string of the molecule is c1ccc2ccc3ncnc3c2cc1. The number of rotatable bonds is 0. The maximum atomic E-state index is 4.26. The summed E-state index contributed by atoms with van der Waals surface area (Å²) in [6, 6.07) is 14.3. The van der Waals surface area contributed by atoms with Crippen LogP contribution < -0.4 is 0 Å². The minimum Gasteiger partial charge on any atom is -0.235 e. The molecule has 0 saturated carbocycles. The molecule has 0 saturated heterocycles. The Bertz CT molecular complexity index is 602. The summed E-state index contributed by atoms with van der Waals surface area (Å²) in [5.74, 6) is 0. The van der Waals surface area contributed by atoms with Gasteiger partial charge in [-0.1, -0.05) is 36.4 Å². The summed E-state index contributed by atoms with van der Waals surface area (Å²) in [5.41, 5.74) is 1.95. The van der Waals surface area contributed by atoms with E-state index >= 15 is 0 Å². The van der Waals surface area contributed by atoms with E-state index in [4.69, 9.17) is 0 Å². The predicted octanol–water partition coefficient (Wildman–Crippen LogP) is 2.78. The van der Waals surface area contributed by atoms with E-state index in [1.165, 1.54) is 5.39 Å². The van der Waals surface area contributed by atoms with E-state index in [1.807, 2.05) is 24.3 Å². The van der Waals surface area contributed by atoms with Crippen molar-refractivity contribution >= 4 is 21.8 Å². The van der Waals surface area contributed by atoms with Gasteiger partial charge >= 0.3 is 0 Å². The lowest BCUT2D eigenvalue weighted by Crippen LogP contribution is -1.71. The fraction of sp³-hybridized carbons (Fsp3) is 0. The van der Waals surface area contributed by atoms with E-state index in [9.17, 15) is 0 Å². The third-order valence-electron chi connectivity index (χ3n) is 2.37. The van der Waals surface area contributed by atoms with Crippen LogP contribution in [0.5, 0.6) is 0 Å². The van der Waals surface area contributed by atoms with Gasteiger partial charge in [0.15, 0.2) is 0 Å². The summed E-state index contributed by atoms with van der Waals surface area (Å²) >= 11 is 0. The van der Waals surface area contributed by atoms with Gasteiger partial charge in [0.1, 0.15) is 6.33 Å². The third kappa shape index (κ3) is 0.973. The fourth-order valence-electron chi connectivity index (χ4n) is 1.70. The molecule has 14 heavy (non-hydrogen) atoms. The van der Waals surface area contributed by atoms with Crippen LogP contribution in [-0.2, 0) is 0 Å². The van der Waals surface area contributed by atoms with Crippen molar-refractivity contribution in [3.63, 3.8) is 0 Å². The molecule has 0 aliphatic heterocycles. The monoisotopic (exact) mass is 180 g/mol. The Hall–Kier alpha value is -1.96. The zero-order chi connectivity index (χ0) is 9.38. The molecule has 1 heterocycles. The molecule has 3 rings (SSSR count). The van der Waals surface area contributed by atoms with Gasteiger partial charge in [-0.15, -0.1) is 0 Å². The van der Waals surface area contributed by atoms with Crippen LogP contribution in [0.15, 0.2) is 48.8 Å². The molecule has 0 spiro atoms. The Kier molecular flexibility index (Phi) is 1.47. The highest BCUT2D eigenvalue weighted by Crippen LogP contribution is 2.21. The first-order valence-electron chi connectivity index (χ1n) is 4.53. The van der Waals surface area contributed by atoms with Crippen LogP contribution in [0.1, 0.15) is 0 Å². The van der Waals surface area contributed by atoms with Crippen LogP contribution in [0.4, 0.5) is 0 Å². The van der Waals surface area contributed by atoms with Gasteiger partial charge in [0.2, 0.25) is 0 Å². The third-order valence-corrected chi connectivity index (χ3v) is 2.37. The quantitative estimate of drug-likeness (QED) is 0.531. The summed E-state index contributed by atoms with van der Waals surface area (Å²) in [7, 11) is 0. The lowest BCUT2D eigenvalue weighted by atomic mass is 10.1. The number of nitrogens with zero attached hydrogens (tertiary/aromatic N) is 2. The van der Waals surface area contributed by atoms with E-state index in [1.54, 1.807) is 6.33 Å². The number of fused-ring (bicyclic) bond motifs is 3. The standard InChI is InChI=1S/C12H8N2/c1-2-4-9-6-7-11-12(14-8-13-11)10(9)5-3-1/h1-8H. The van der Waals surface area contributed by atoms with Crippen molar-refractivity contribution in [1.29, 1.82) is 0 Å². The Labute approximate surface area is 81.2 Å². The van der Waals surface area contributed by atoms with Gasteiger partial charge in [-0.3, -0.25) is 0 Å². The molecule has 0 atom stereocenters. The number of imidazole rings is 1. The fourth-order valence-corrected chi connectivity index (χ4v) is 1.70. The highest BCUT2D eigenvalue weighted by molar-refractivity contribution is 6.03. The second-order valence-corrected chi connectivity index (χ2v) is 3.22. The van der Waals surface area contributed by atoms with Gasteiger partial charge in [0.25, 0.3) is 0 Å². The molecule has 66 valence electrons. The second kappa shape index (κ2) is 2.77. The van der Waals surface area contributed by atoms with E-state index < -0.39 is 0 Å². The van der Waals surface area contributed by atoms with E-state index in [0.29, 0.717) is 0 Å². The van der Waals surface area contributed by atoms with Crippen LogP contribution in [0.25, 0.3) is 21.8 Å². The molecular weight excluding hydrogens is 172 g/mol. The topological polar surface area (TPSA) is 25.8 Å². The molecule has 2 heteroatoms. The Morgan fingerprint density at radius 2 is 1.71 bits per heavy atom. The van der Waals surface area contributed by atoms with Crippen molar-refractivity contribution < 1.29 is 0 Å². The van der Waals surface area contributed by atoms with Crippen LogP contribution in [0, 0.1) is 0 Å². The first kappa shape index (κ1) is 7.44. The van der Waals surface area contributed by atoms with E-state index in [0.717, 1.165) is 16.4 Å². The minimum absolute atomic E-state index is 0.962. The van der Waals surface area contributed by atoms with Gasteiger partial charge in [-0.25, -0.2) is 9.97 Å². The number of hydrogen-bond acceptors (Lipinski definition) is 2. The first-order chi connectivity index (χ1) is 6.95. The van der Waals surface area contributed by atoms with Crippen LogP contribution in [0.3, 0.4) is 0 Å². The Balaban J connectivity index is 2.64. The molecule has 0 aliphatic rings. The molecule has 1 aromatic heterocycles. The summed E-state index contributed by atoms with van der Waals surface area (Å²) in [4.78, 5) is 8.44. The lowest BCUT2D eigenvalue weighted by Gasteiger charge is -1.92. The molecule has 3 aromatic rings. The van der Waals surface area contributed by atoms with Crippen molar-refractivity contribution in [3.05, 3.63) is 48.8 Å². The van der Waals surface area contributed by atoms with Crippen LogP contribution in [0.2, 0.25) is 0 Å². The van der Waals surface area contributed by atoms with Gasteiger partial charge in [0, 0.05) is 5.39 Å². The normalized spacial score (nSPS) is 10.9. The van der Waals surface area contributed by atoms with Gasteiger partial charge in [-0.2, -0.15) is 0 Å². The van der Waals surface area contributed by atoms with Gasteiger partial charge in [0.05, 0.1) is 11.0 Å². The zero-order valence-electron chi connectivity index (χ0n) is 7.51. The molecule has 0 unspecified atom stereocenters. The highest BCUT2D eigenvalue weighted by atomic mass is 14.9. The Morgan fingerprint density at radius 3 is 2.71 bits per heavy atom. The van der Waals surface area contributed by atoms with Crippen molar-refractivity contribution in [2.45, 2.75) is 0 Å².